The molecule has 2 N–H and O–H groups in total. The molecule has 1 saturated heterocycles. The first-order chi connectivity index (χ1) is 11.9. The van der Waals surface area contributed by atoms with Crippen molar-refractivity contribution in [1.82, 2.24) is 15.5 Å². The maximum absolute atomic E-state index is 12.6. The Balaban J connectivity index is 1.87. The van der Waals surface area contributed by atoms with Crippen LogP contribution >= 0.6 is 11.6 Å². The maximum atomic E-state index is 12.6. The Morgan fingerprint density at radius 2 is 1.96 bits per heavy atom. The van der Waals surface area contributed by atoms with Gasteiger partial charge in [-0.2, -0.15) is 0 Å². The molecule has 1 aromatic rings. The van der Waals surface area contributed by atoms with E-state index in [1.165, 1.54) is 0 Å². The fraction of sp³-hybridized carbons (Fsp3) is 0.579. The van der Waals surface area contributed by atoms with Crippen LogP contribution in [0.25, 0.3) is 0 Å². The van der Waals surface area contributed by atoms with Crippen molar-refractivity contribution < 1.29 is 9.59 Å². The number of hydrogen-bond donors (Lipinski definition) is 2. The van der Waals surface area contributed by atoms with Gasteiger partial charge in [0.15, 0.2) is 0 Å². The van der Waals surface area contributed by atoms with Crippen molar-refractivity contribution in [2.75, 3.05) is 13.1 Å². The van der Waals surface area contributed by atoms with Crippen LogP contribution in [0.15, 0.2) is 24.3 Å². The number of nitrogens with zero attached hydrogens (tertiary/aromatic N) is 1. The Morgan fingerprint density at radius 3 is 2.64 bits per heavy atom. The van der Waals surface area contributed by atoms with Crippen molar-refractivity contribution in [2.45, 2.75) is 52.1 Å². The Bertz CT molecular complexity index is 606. The van der Waals surface area contributed by atoms with Crippen LogP contribution in [0.4, 0.5) is 4.79 Å². The smallest absolute Gasteiger partial charge is 0.317 e. The van der Waals surface area contributed by atoms with Crippen LogP contribution in [0.5, 0.6) is 0 Å². The second kappa shape index (κ2) is 9.09. The summed E-state index contributed by atoms with van der Waals surface area (Å²) in [7, 11) is 0. The number of nitrogens with one attached hydrogen (secondary N) is 2. The van der Waals surface area contributed by atoms with Crippen LogP contribution < -0.4 is 10.6 Å². The Kier molecular flexibility index (Phi) is 7.12. The quantitative estimate of drug-likeness (QED) is 0.841. The summed E-state index contributed by atoms with van der Waals surface area (Å²) in [5.41, 5.74) is 1.03. The van der Waals surface area contributed by atoms with E-state index in [1.807, 2.05) is 45.0 Å². The molecule has 138 valence electrons. The predicted molar refractivity (Wildman–Crippen MR) is 101 cm³/mol. The molecule has 0 bridgehead atoms. The van der Waals surface area contributed by atoms with Crippen LogP contribution in [0.3, 0.4) is 0 Å². The molecule has 0 saturated carbocycles. The topological polar surface area (TPSA) is 61.4 Å². The number of carbonyl (C=O) groups excluding carboxylic acids is 2. The van der Waals surface area contributed by atoms with Gasteiger partial charge in [0.25, 0.3) is 0 Å². The van der Waals surface area contributed by atoms with Gasteiger partial charge >= 0.3 is 6.03 Å². The lowest BCUT2D eigenvalue weighted by Crippen LogP contribution is -2.51. The van der Waals surface area contributed by atoms with E-state index in [0.717, 1.165) is 23.4 Å². The van der Waals surface area contributed by atoms with Crippen molar-refractivity contribution in [2.24, 2.45) is 5.92 Å². The van der Waals surface area contributed by atoms with E-state index < -0.39 is 0 Å². The van der Waals surface area contributed by atoms with E-state index in [-0.39, 0.29) is 29.9 Å². The minimum Gasteiger partial charge on any atom is -0.353 e. The lowest BCUT2D eigenvalue weighted by Gasteiger charge is -2.33. The SMILES string of the molecule is CC(C)NC(=O)N1CCCC(C(=O)NC(C)Cc2ccccc2Cl)C1. The van der Waals surface area contributed by atoms with Gasteiger partial charge in [-0.3, -0.25) is 4.79 Å². The number of rotatable bonds is 5. The highest BCUT2D eigenvalue weighted by molar-refractivity contribution is 6.31. The average molecular weight is 366 g/mol. The van der Waals surface area contributed by atoms with Gasteiger partial charge in [0, 0.05) is 30.2 Å². The standard InChI is InChI=1S/C19H28ClN3O2/c1-13(2)21-19(25)23-10-6-8-16(12-23)18(24)22-14(3)11-15-7-4-5-9-17(15)20/h4-5,7,9,13-14,16H,6,8,10-12H2,1-3H3,(H,21,25)(H,22,24). The minimum atomic E-state index is -0.152. The molecule has 1 heterocycles. The molecule has 5 nitrogen and oxygen atoms in total. The summed E-state index contributed by atoms with van der Waals surface area (Å²) >= 11 is 6.19. The van der Waals surface area contributed by atoms with Crippen LogP contribution in [0.1, 0.15) is 39.2 Å². The lowest BCUT2D eigenvalue weighted by atomic mass is 9.96. The highest BCUT2D eigenvalue weighted by Crippen LogP contribution is 2.19. The molecule has 2 rings (SSSR count). The molecular formula is C19H28ClN3O2. The zero-order chi connectivity index (χ0) is 18.4. The first-order valence-corrected chi connectivity index (χ1v) is 9.33. The van der Waals surface area contributed by atoms with Crippen LogP contribution in [0.2, 0.25) is 5.02 Å². The van der Waals surface area contributed by atoms with Crippen molar-refractivity contribution in [3.8, 4) is 0 Å². The van der Waals surface area contributed by atoms with E-state index in [9.17, 15) is 9.59 Å². The summed E-state index contributed by atoms with van der Waals surface area (Å²) in [6.45, 7) is 7.03. The number of amides is 3. The normalized spacial score (nSPS) is 18.8. The number of likely N-dealkylation sites (tertiary alicyclic amines) is 1. The number of carbonyl (C=O) groups is 2. The first kappa shape index (κ1) is 19.6. The summed E-state index contributed by atoms with van der Waals surface area (Å²) in [6, 6.07) is 7.68. The summed E-state index contributed by atoms with van der Waals surface area (Å²) < 4.78 is 0. The molecule has 1 aliphatic rings. The van der Waals surface area contributed by atoms with Crippen molar-refractivity contribution >= 4 is 23.5 Å². The summed E-state index contributed by atoms with van der Waals surface area (Å²) in [5.74, 6) is -0.137. The summed E-state index contributed by atoms with van der Waals surface area (Å²) in [6.07, 6.45) is 2.36. The van der Waals surface area contributed by atoms with Crippen molar-refractivity contribution in [3.05, 3.63) is 34.9 Å². The third kappa shape index (κ3) is 5.92. The van der Waals surface area contributed by atoms with Gasteiger partial charge in [0.1, 0.15) is 0 Å². The predicted octanol–water partition coefficient (Wildman–Crippen LogP) is 3.22. The molecule has 0 aromatic heterocycles. The zero-order valence-corrected chi connectivity index (χ0v) is 16.0. The molecule has 2 unspecified atom stereocenters. The average Bonchev–Trinajstić information content (AvgIpc) is 2.56. The Morgan fingerprint density at radius 1 is 1.24 bits per heavy atom. The first-order valence-electron chi connectivity index (χ1n) is 8.96. The second-order valence-corrected chi connectivity index (χ2v) is 7.50. The van der Waals surface area contributed by atoms with Crippen molar-refractivity contribution in [3.63, 3.8) is 0 Å². The molecule has 3 amide bonds. The van der Waals surface area contributed by atoms with Gasteiger partial charge in [0.05, 0.1) is 5.92 Å². The van der Waals surface area contributed by atoms with Gasteiger partial charge in [0.2, 0.25) is 5.91 Å². The molecule has 0 radical (unpaired) electrons. The van der Waals surface area contributed by atoms with E-state index in [4.69, 9.17) is 11.6 Å². The number of urea groups is 1. The molecular weight excluding hydrogens is 338 g/mol. The molecule has 0 aliphatic carbocycles. The summed E-state index contributed by atoms with van der Waals surface area (Å²) in [4.78, 5) is 26.5. The Labute approximate surface area is 155 Å². The molecule has 2 atom stereocenters. The van der Waals surface area contributed by atoms with Crippen LogP contribution in [-0.2, 0) is 11.2 Å². The number of piperidine rings is 1. The number of halogens is 1. The number of benzene rings is 1. The van der Waals surface area contributed by atoms with Gasteiger partial charge in [-0.05, 0) is 51.7 Å². The van der Waals surface area contributed by atoms with Gasteiger partial charge in [-0.25, -0.2) is 4.79 Å². The monoisotopic (exact) mass is 365 g/mol. The Hall–Kier alpha value is -1.75. The largest absolute Gasteiger partial charge is 0.353 e. The number of hydrogen-bond acceptors (Lipinski definition) is 2. The third-order valence-corrected chi connectivity index (χ3v) is 4.73. The van der Waals surface area contributed by atoms with E-state index in [2.05, 4.69) is 10.6 Å². The fourth-order valence-electron chi connectivity index (χ4n) is 3.12. The highest BCUT2D eigenvalue weighted by Gasteiger charge is 2.29. The van der Waals surface area contributed by atoms with Gasteiger partial charge in [-0.15, -0.1) is 0 Å². The highest BCUT2D eigenvalue weighted by atomic mass is 35.5. The molecule has 1 aromatic carbocycles. The maximum Gasteiger partial charge on any atom is 0.317 e. The summed E-state index contributed by atoms with van der Waals surface area (Å²) in [5, 5.41) is 6.68. The molecule has 0 spiro atoms. The van der Waals surface area contributed by atoms with E-state index in [0.29, 0.717) is 19.5 Å². The van der Waals surface area contributed by atoms with E-state index in [1.54, 1.807) is 4.90 Å². The molecule has 25 heavy (non-hydrogen) atoms. The third-order valence-electron chi connectivity index (χ3n) is 4.36. The van der Waals surface area contributed by atoms with Gasteiger partial charge in [-0.1, -0.05) is 29.8 Å². The minimum absolute atomic E-state index is 0.00716. The molecule has 1 fully saturated rings. The van der Waals surface area contributed by atoms with Gasteiger partial charge < -0.3 is 15.5 Å². The van der Waals surface area contributed by atoms with E-state index >= 15 is 0 Å². The molecule has 1 aliphatic heterocycles. The second-order valence-electron chi connectivity index (χ2n) is 7.09. The lowest BCUT2D eigenvalue weighted by molar-refractivity contribution is -0.126. The van der Waals surface area contributed by atoms with Crippen LogP contribution in [-0.4, -0.2) is 42.0 Å². The zero-order valence-electron chi connectivity index (χ0n) is 15.2. The fourth-order valence-corrected chi connectivity index (χ4v) is 3.33. The van der Waals surface area contributed by atoms with Crippen molar-refractivity contribution in [1.29, 1.82) is 0 Å². The van der Waals surface area contributed by atoms with Crippen LogP contribution in [0, 0.1) is 5.92 Å². The molecule has 6 heteroatoms.